The molecule has 0 saturated carbocycles. The van der Waals surface area contributed by atoms with E-state index in [0.717, 1.165) is 44.0 Å². The first kappa shape index (κ1) is 14.7. The molecule has 6 heteroatoms. The topological polar surface area (TPSA) is 79.1 Å². The standard InChI is InChI=1S/C12H24N6/c1-4-18(5-2)8-6-7-14-11-10(3)9-15-12(16-11)17-13/h9H,4-8,13H2,1-3H3,(H2,14,15,16,17). The molecule has 18 heavy (non-hydrogen) atoms. The largest absolute Gasteiger partial charge is 0.370 e. The minimum Gasteiger partial charge on any atom is -0.370 e. The molecule has 1 aromatic rings. The van der Waals surface area contributed by atoms with Crippen molar-refractivity contribution in [2.75, 3.05) is 36.9 Å². The highest BCUT2D eigenvalue weighted by atomic mass is 15.3. The van der Waals surface area contributed by atoms with Crippen molar-refractivity contribution in [3.8, 4) is 0 Å². The quantitative estimate of drug-likeness (QED) is 0.367. The average molecular weight is 252 g/mol. The van der Waals surface area contributed by atoms with Crippen molar-refractivity contribution >= 4 is 11.8 Å². The number of hydrogen-bond acceptors (Lipinski definition) is 6. The van der Waals surface area contributed by atoms with Crippen LogP contribution in [-0.2, 0) is 0 Å². The highest BCUT2D eigenvalue weighted by Gasteiger charge is 2.03. The van der Waals surface area contributed by atoms with Crippen molar-refractivity contribution in [2.45, 2.75) is 27.2 Å². The molecule has 0 spiro atoms. The Morgan fingerprint density at radius 2 is 2.06 bits per heavy atom. The highest BCUT2D eigenvalue weighted by molar-refractivity contribution is 5.45. The fourth-order valence-corrected chi connectivity index (χ4v) is 1.74. The monoisotopic (exact) mass is 252 g/mol. The molecule has 0 saturated heterocycles. The van der Waals surface area contributed by atoms with Crippen LogP contribution in [-0.4, -0.2) is 41.0 Å². The molecule has 0 aromatic carbocycles. The molecule has 1 heterocycles. The Kier molecular flexibility index (Phi) is 6.38. The van der Waals surface area contributed by atoms with Crippen LogP contribution in [0.4, 0.5) is 11.8 Å². The number of aryl methyl sites for hydroxylation is 1. The van der Waals surface area contributed by atoms with Crippen LogP contribution in [0.25, 0.3) is 0 Å². The summed E-state index contributed by atoms with van der Waals surface area (Å²) in [5.41, 5.74) is 3.48. The third-order valence-corrected chi connectivity index (χ3v) is 2.94. The number of nitrogen functional groups attached to an aromatic ring is 1. The first-order valence-electron chi connectivity index (χ1n) is 6.47. The van der Waals surface area contributed by atoms with Crippen molar-refractivity contribution in [1.29, 1.82) is 0 Å². The van der Waals surface area contributed by atoms with Crippen molar-refractivity contribution < 1.29 is 0 Å². The zero-order valence-electron chi connectivity index (χ0n) is 11.5. The number of nitrogens with two attached hydrogens (primary N) is 1. The van der Waals surface area contributed by atoms with Crippen LogP contribution in [0.3, 0.4) is 0 Å². The zero-order valence-corrected chi connectivity index (χ0v) is 11.5. The van der Waals surface area contributed by atoms with Gasteiger partial charge in [-0.05, 0) is 33.0 Å². The molecule has 0 unspecified atom stereocenters. The molecule has 0 aliphatic heterocycles. The van der Waals surface area contributed by atoms with Gasteiger partial charge < -0.3 is 10.2 Å². The average Bonchev–Trinajstić information content (AvgIpc) is 2.41. The maximum absolute atomic E-state index is 5.29. The molecule has 102 valence electrons. The van der Waals surface area contributed by atoms with E-state index in [-0.39, 0.29) is 0 Å². The lowest BCUT2D eigenvalue weighted by molar-refractivity contribution is 0.303. The summed E-state index contributed by atoms with van der Waals surface area (Å²) in [5, 5.41) is 3.32. The van der Waals surface area contributed by atoms with E-state index in [1.54, 1.807) is 6.20 Å². The molecule has 0 aliphatic rings. The number of anilines is 2. The maximum Gasteiger partial charge on any atom is 0.239 e. The molecule has 0 atom stereocenters. The van der Waals surface area contributed by atoms with Crippen molar-refractivity contribution in [3.05, 3.63) is 11.8 Å². The number of hydrazine groups is 1. The highest BCUT2D eigenvalue weighted by Crippen LogP contribution is 2.11. The van der Waals surface area contributed by atoms with Gasteiger partial charge in [-0.1, -0.05) is 13.8 Å². The van der Waals surface area contributed by atoms with E-state index in [9.17, 15) is 0 Å². The van der Waals surface area contributed by atoms with Gasteiger partial charge >= 0.3 is 0 Å². The molecular weight excluding hydrogens is 228 g/mol. The van der Waals surface area contributed by atoms with Gasteiger partial charge in [0.05, 0.1) is 0 Å². The second-order valence-corrected chi connectivity index (χ2v) is 4.18. The van der Waals surface area contributed by atoms with Gasteiger partial charge in [0.15, 0.2) is 0 Å². The Morgan fingerprint density at radius 1 is 1.33 bits per heavy atom. The zero-order chi connectivity index (χ0) is 13.4. The number of nitrogens with one attached hydrogen (secondary N) is 2. The smallest absolute Gasteiger partial charge is 0.239 e. The van der Waals surface area contributed by atoms with Gasteiger partial charge in [0, 0.05) is 18.3 Å². The Hall–Kier alpha value is -1.40. The molecule has 1 aromatic heterocycles. The first-order valence-corrected chi connectivity index (χ1v) is 6.47. The summed E-state index contributed by atoms with van der Waals surface area (Å²) in [6.45, 7) is 10.6. The third-order valence-electron chi connectivity index (χ3n) is 2.94. The van der Waals surface area contributed by atoms with Gasteiger partial charge in [-0.2, -0.15) is 4.98 Å². The van der Waals surface area contributed by atoms with Gasteiger partial charge in [-0.3, -0.25) is 5.43 Å². The molecule has 6 nitrogen and oxygen atoms in total. The van der Waals surface area contributed by atoms with Crippen molar-refractivity contribution in [1.82, 2.24) is 14.9 Å². The van der Waals surface area contributed by atoms with Crippen LogP contribution in [0.2, 0.25) is 0 Å². The van der Waals surface area contributed by atoms with Crippen LogP contribution in [0.5, 0.6) is 0 Å². The Morgan fingerprint density at radius 3 is 2.67 bits per heavy atom. The predicted molar refractivity (Wildman–Crippen MR) is 75.5 cm³/mol. The van der Waals surface area contributed by atoms with Crippen LogP contribution < -0.4 is 16.6 Å². The van der Waals surface area contributed by atoms with E-state index in [2.05, 4.69) is 39.5 Å². The summed E-state index contributed by atoms with van der Waals surface area (Å²) in [7, 11) is 0. The lowest BCUT2D eigenvalue weighted by Gasteiger charge is -2.18. The van der Waals surface area contributed by atoms with Crippen LogP contribution in [0.15, 0.2) is 6.20 Å². The summed E-state index contributed by atoms with van der Waals surface area (Å²) >= 11 is 0. The fourth-order valence-electron chi connectivity index (χ4n) is 1.74. The summed E-state index contributed by atoms with van der Waals surface area (Å²) in [6, 6.07) is 0. The van der Waals surface area contributed by atoms with Gasteiger partial charge in [-0.15, -0.1) is 0 Å². The van der Waals surface area contributed by atoms with Gasteiger partial charge in [0.25, 0.3) is 0 Å². The fraction of sp³-hybridized carbons (Fsp3) is 0.667. The maximum atomic E-state index is 5.29. The Bertz CT molecular complexity index is 350. The van der Waals surface area contributed by atoms with E-state index in [4.69, 9.17) is 5.84 Å². The van der Waals surface area contributed by atoms with E-state index in [0.29, 0.717) is 5.95 Å². The second kappa shape index (κ2) is 7.84. The summed E-state index contributed by atoms with van der Waals surface area (Å²) in [5.74, 6) is 6.57. The molecule has 4 N–H and O–H groups in total. The minimum absolute atomic E-state index is 0.437. The van der Waals surface area contributed by atoms with E-state index >= 15 is 0 Å². The van der Waals surface area contributed by atoms with Crippen LogP contribution in [0, 0.1) is 6.92 Å². The lowest BCUT2D eigenvalue weighted by atomic mass is 10.3. The van der Waals surface area contributed by atoms with Crippen LogP contribution in [0.1, 0.15) is 25.8 Å². The molecule has 0 bridgehead atoms. The number of rotatable bonds is 8. The lowest BCUT2D eigenvalue weighted by Crippen LogP contribution is -2.25. The van der Waals surface area contributed by atoms with Crippen molar-refractivity contribution in [3.63, 3.8) is 0 Å². The minimum atomic E-state index is 0.437. The predicted octanol–water partition coefficient (Wildman–Crippen LogP) is 1.21. The molecule has 0 radical (unpaired) electrons. The Balaban J connectivity index is 2.39. The number of nitrogens with zero attached hydrogens (tertiary/aromatic N) is 3. The molecule has 0 amide bonds. The molecule has 0 fully saturated rings. The molecular formula is C12H24N6. The van der Waals surface area contributed by atoms with E-state index < -0.39 is 0 Å². The van der Waals surface area contributed by atoms with Gasteiger partial charge in [0.1, 0.15) is 5.82 Å². The van der Waals surface area contributed by atoms with E-state index in [1.165, 1.54) is 0 Å². The summed E-state index contributed by atoms with van der Waals surface area (Å²) in [6.07, 6.45) is 2.85. The summed E-state index contributed by atoms with van der Waals surface area (Å²) < 4.78 is 0. The first-order chi connectivity index (χ1) is 8.71. The SMILES string of the molecule is CCN(CC)CCCNc1nc(NN)ncc1C. The van der Waals surface area contributed by atoms with E-state index in [1.807, 2.05) is 6.92 Å². The Labute approximate surface area is 109 Å². The molecule has 0 aliphatic carbocycles. The normalized spacial score (nSPS) is 10.7. The van der Waals surface area contributed by atoms with Crippen molar-refractivity contribution in [2.24, 2.45) is 5.84 Å². The van der Waals surface area contributed by atoms with Crippen LogP contribution >= 0.6 is 0 Å². The second-order valence-electron chi connectivity index (χ2n) is 4.18. The third kappa shape index (κ3) is 4.46. The molecule has 1 rings (SSSR count). The number of hydrogen-bond donors (Lipinski definition) is 3. The van der Waals surface area contributed by atoms with Gasteiger partial charge in [-0.25, -0.2) is 10.8 Å². The van der Waals surface area contributed by atoms with Gasteiger partial charge in [0.2, 0.25) is 5.95 Å². The number of aromatic nitrogens is 2. The summed E-state index contributed by atoms with van der Waals surface area (Å²) in [4.78, 5) is 10.7.